The van der Waals surface area contributed by atoms with E-state index in [0.29, 0.717) is 11.4 Å². The fraction of sp³-hybridized carbons (Fsp3) is 0.333. The number of rotatable bonds is 8. The van der Waals surface area contributed by atoms with Crippen LogP contribution in [0.4, 0.5) is 5.69 Å². The van der Waals surface area contributed by atoms with Crippen LogP contribution in [-0.4, -0.2) is 57.8 Å². The Morgan fingerprint density at radius 2 is 2.00 bits per heavy atom. The van der Waals surface area contributed by atoms with Gasteiger partial charge in [-0.25, -0.2) is 8.42 Å². The molecule has 2 aromatic rings. The molecule has 1 aliphatic heterocycles. The lowest BCUT2D eigenvalue weighted by Gasteiger charge is -2.26. The monoisotopic (exact) mass is 446 g/mol. The minimum Gasteiger partial charge on any atom is -0.496 e. The average Bonchev–Trinajstić information content (AvgIpc) is 2.77. The van der Waals surface area contributed by atoms with Crippen molar-refractivity contribution < 1.29 is 22.7 Å². The third kappa shape index (κ3) is 5.53. The zero-order valence-electron chi connectivity index (χ0n) is 17.4. The molecule has 1 saturated heterocycles. The number of methoxy groups -OCH3 is 1. The van der Waals surface area contributed by atoms with Gasteiger partial charge in [-0.3, -0.25) is 9.59 Å². The van der Waals surface area contributed by atoms with Crippen molar-refractivity contribution in [2.24, 2.45) is 0 Å². The molecule has 0 aromatic heterocycles. The smallest absolute Gasteiger partial charge is 0.243 e. The number of para-hydroxylation sites is 1. The molecule has 2 aromatic carbocycles. The van der Waals surface area contributed by atoms with Gasteiger partial charge >= 0.3 is 0 Å². The van der Waals surface area contributed by atoms with Crippen LogP contribution in [0.1, 0.15) is 18.5 Å². The quantitative estimate of drug-likeness (QED) is 0.559. The number of piperazine rings is 1. The van der Waals surface area contributed by atoms with E-state index < -0.39 is 10.0 Å². The Balaban J connectivity index is 1.62. The van der Waals surface area contributed by atoms with Gasteiger partial charge in [-0.05, 0) is 31.2 Å². The molecule has 31 heavy (non-hydrogen) atoms. The second-order valence-electron chi connectivity index (χ2n) is 7.10. The van der Waals surface area contributed by atoms with Crippen LogP contribution in [0, 0.1) is 0 Å². The summed E-state index contributed by atoms with van der Waals surface area (Å²) in [6.07, 6.45) is 0. The lowest BCUT2D eigenvalue weighted by molar-refractivity contribution is -0.122. The highest BCUT2D eigenvalue weighted by molar-refractivity contribution is 7.89. The molecule has 2 amide bonds. The summed E-state index contributed by atoms with van der Waals surface area (Å²) in [6, 6.07) is 13.4. The van der Waals surface area contributed by atoms with Crippen LogP contribution in [0.2, 0.25) is 0 Å². The van der Waals surface area contributed by atoms with E-state index in [9.17, 15) is 18.0 Å². The van der Waals surface area contributed by atoms with E-state index in [1.165, 1.54) is 12.1 Å². The average molecular weight is 447 g/mol. The Kier molecular flexibility index (Phi) is 7.13. The van der Waals surface area contributed by atoms with Gasteiger partial charge in [0.15, 0.2) is 0 Å². The number of nitrogens with one attached hydrogen (secondary N) is 3. The van der Waals surface area contributed by atoms with Crippen LogP contribution in [0.15, 0.2) is 53.4 Å². The molecule has 3 rings (SSSR count). The van der Waals surface area contributed by atoms with Crippen LogP contribution < -0.4 is 20.7 Å². The molecule has 0 aliphatic carbocycles. The number of sulfonamides is 1. The topological polar surface area (TPSA) is 117 Å². The largest absolute Gasteiger partial charge is 0.496 e. The maximum atomic E-state index is 12.8. The molecule has 3 N–H and O–H groups in total. The third-order valence-corrected chi connectivity index (χ3v) is 6.75. The van der Waals surface area contributed by atoms with Gasteiger partial charge in [0.2, 0.25) is 21.8 Å². The fourth-order valence-electron chi connectivity index (χ4n) is 3.31. The van der Waals surface area contributed by atoms with Crippen molar-refractivity contribution in [1.29, 1.82) is 0 Å². The van der Waals surface area contributed by atoms with E-state index in [1.54, 1.807) is 19.2 Å². The van der Waals surface area contributed by atoms with Gasteiger partial charge in [-0.1, -0.05) is 24.3 Å². The Morgan fingerprint density at radius 3 is 2.74 bits per heavy atom. The predicted molar refractivity (Wildman–Crippen MR) is 116 cm³/mol. The maximum absolute atomic E-state index is 12.8. The molecule has 1 atom stereocenters. The number of carbonyl (C=O) groups excluding carboxylic acids is 2. The van der Waals surface area contributed by atoms with E-state index in [4.69, 9.17) is 4.74 Å². The number of hydrogen-bond donors (Lipinski definition) is 3. The van der Waals surface area contributed by atoms with Gasteiger partial charge in [0.05, 0.1) is 31.1 Å². The third-order valence-electron chi connectivity index (χ3n) is 4.91. The number of anilines is 1. The summed E-state index contributed by atoms with van der Waals surface area (Å²) >= 11 is 0. The first-order valence-electron chi connectivity index (χ1n) is 9.84. The highest BCUT2D eigenvalue weighted by Crippen LogP contribution is 2.24. The highest BCUT2D eigenvalue weighted by Gasteiger charge is 2.29. The molecule has 1 unspecified atom stereocenters. The number of ether oxygens (including phenoxy) is 1. The molecule has 9 nitrogen and oxygen atoms in total. The van der Waals surface area contributed by atoms with Crippen molar-refractivity contribution in [3.8, 4) is 5.75 Å². The van der Waals surface area contributed by atoms with Crippen LogP contribution in [0.3, 0.4) is 0 Å². The zero-order valence-corrected chi connectivity index (χ0v) is 18.2. The normalized spacial score (nSPS) is 15.6. The summed E-state index contributed by atoms with van der Waals surface area (Å²) in [5.41, 5.74) is 1.35. The summed E-state index contributed by atoms with van der Waals surface area (Å²) < 4.78 is 32.1. The first-order valence-corrected chi connectivity index (χ1v) is 11.3. The van der Waals surface area contributed by atoms with Crippen LogP contribution in [0.25, 0.3) is 0 Å². The van der Waals surface area contributed by atoms with Crippen LogP contribution in [-0.2, 0) is 19.6 Å². The van der Waals surface area contributed by atoms with Gasteiger partial charge in [0.1, 0.15) is 5.75 Å². The van der Waals surface area contributed by atoms with Crippen LogP contribution in [0.5, 0.6) is 5.75 Å². The minimum atomic E-state index is -3.80. The summed E-state index contributed by atoms with van der Waals surface area (Å²) in [5.74, 6) is 0.108. The van der Waals surface area contributed by atoms with E-state index in [2.05, 4.69) is 16.0 Å². The highest BCUT2D eigenvalue weighted by atomic mass is 32.2. The summed E-state index contributed by atoms with van der Waals surface area (Å²) in [5, 5.41) is 8.44. The number of carbonyl (C=O) groups is 2. The standard InChI is InChI=1S/C21H26N4O5S/c1-15(18-8-3-4-9-19(18)30-2)24-20(26)13-23-16-6-5-7-17(12-16)31(28,29)25-11-10-22-21(27)14-25/h3-9,12,15,23H,10-11,13-14H2,1-2H3,(H,22,27)(H,24,26). The molecular weight excluding hydrogens is 420 g/mol. The van der Waals surface area contributed by atoms with E-state index in [0.717, 1.165) is 9.87 Å². The molecular formula is C21H26N4O5S. The molecule has 1 fully saturated rings. The van der Waals surface area contributed by atoms with Gasteiger partial charge in [0.25, 0.3) is 0 Å². The van der Waals surface area contributed by atoms with E-state index >= 15 is 0 Å². The first-order chi connectivity index (χ1) is 14.8. The number of benzene rings is 2. The van der Waals surface area contributed by atoms with Crippen molar-refractivity contribution in [2.75, 3.05) is 38.6 Å². The van der Waals surface area contributed by atoms with Crippen LogP contribution >= 0.6 is 0 Å². The lowest BCUT2D eigenvalue weighted by atomic mass is 10.1. The molecule has 1 heterocycles. The Morgan fingerprint density at radius 1 is 1.23 bits per heavy atom. The molecule has 0 bridgehead atoms. The van der Waals surface area contributed by atoms with Crippen molar-refractivity contribution >= 4 is 27.5 Å². The lowest BCUT2D eigenvalue weighted by Crippen LogP contribution is -2.49. The Hall–Kier alpha value is -3.11. The van der Waals surface area contributed by atoms with Gasteiger partial charge < -0.3 is 20.7 Å². The van der Waals surface area contributed by atoms with E-state index in [1.807, 2.05) is 31.2 Å². The molecule has 0 saturated carbocycles. The number of hydrogen-bond acceptors (Lipinski definition) is 6. The summed E-state index contributed by atoms with van der Waals surface area (Å²) in [7, 11) is -2.23. The van der Waals surface area contributed by atoms with Crippen molar-refractivity contribution in [2.45, 2.75) is 17.9 Å². The van der Waals surface area contributed by atoms with E-state index in [-0.39, 0.29) is 48.9 Å². The van der Waals surface area contributed by atoms with Crippen molar-refractivity contribution in [3.63, 3.8) is 0 Å². The van der Waals surface area contributed by atoms with Gasteiger partial charge in [0, 0.05) is 24.3 Å². The minimum absolute atomic E-state index is 0.0326. The molecule has 10 heteroatoms. The van der Waals surface area contributed by atoms with Crippen molar-refractivity contribution in [3.05, 3.63) is 54.1 Å². The molecule has 166 valence electrons. The summed E-state index contributed by atoms with van der Waals surface area (Å²) in [4.78, 5) is 24.0. The second kappa shape index (κ2) is 9.80. The Bertz CT molecular complexity index is 1060. The molecule has 0 radical (unpaired) electrons. The fourth-order valence-corrected chi connectivity index (χ4v) is 4.76. The number of amides is 2. The number of nitrogens with zero attached hydrogens (tertiary/aromatic N) is 1. The predicted octanol–water partition coefficient (Wildman–Crippen LogP) is 1.11. The van der Waals surface area contributed by atoms with Crippen molar-refractivity contribution in [1.82, 2.24) is 14.9 Å². The van der Waals surface area contributed by atoms with Gasteiger partial charge in [-0.2, -0.15) is 4.31 Å². The zero-order chi connectivity index (χ0) is 22.4. The summed E-state index contributed by atoms with van der Waals surface area (Å²) in [6.45, 7) is 2.12. The second-order valence-corrected chi connectivity index (χ2v) is 9.04. The van der Waals surface area contributed by atoms with Gasteiger partial charge in [-0.15, -0.1) is 0 Å². The molecule has 1 aliphatic rings. The molecule has 0 spiro atoms. The Labute approximate surface area is 181 Å². The first kappa shape index (κ1) is 22.6. The maximum Gasteiger partial charge on any atom is 0.243 e. The SMILES string of the molecule is COc1ccccc1C(C)NC(=O)CNc1cccc(S(=O)(=O)N2CCNC(=O)C2)c1.